The average Bonchev–Trinajstić information content (AvgIpc) is 2.99. The summed E-state index contributed by atoms with van der Waals surface area (Å²) in [4.78, 5) is 4.49. The molecule has 31 heavy (non-hydrogen) atoms. The molecule has 0 saturated carbocycles. The van der Waals surface area contributed by atoms with Gasteiger partial charge in [-0.3, -0.25) is 4.98 Å². The zero-order valence-corrected chi connectivity index (χ0v) is 20.1. The Hall–Kier alpha value is -2.94. The first-order valence-electron chi connectivity index (χ1n) is 11.3. The third-order valence-corrected chi connectivity index (χ3v) is 6.57. The van der Waals surface area contributed by atoms with Crippen molar-refractivity contribution in [2.24, 2.45) is 7.05 Å². The minimum atomic E-state index is 0.422. The number of fused-ring (bicyclic) bond motifs is 1. The molecule has 4 aromatic rings. The molecule has 0 aliphatic rings. The SMILES string of the molecule is Cc1cc2c(cc1C)[n+](C)c(-c1cnccc1C)n2-c1c(C(C)C)cccc1C(C)C. The molecule has 2 aromatic heterocycles. The Labute approximate surface area is 186 Å². The summed E-state index contributed by atoms with van der Waals surface area (Å²) in [5, 5.41) is 0. The zero-order chi connectivity index (χ0) is 22.4. The second kappa shape index (κ2) is 7.96. The number of hydrogen-bond acceptors (Lipinski definition) is 1. The third kappa shape index (κ3) is 3.46. The van der Waals surface area contributed by atoms with Crippen LogP contribution < -0.4 is 4.57 Å². The van der Waals surface area contributed by atoms with Crippen LogP contribution in [0.3, 0.4) is 0 Å². The normalized spacial score (nSPS) is 11.8. The van der Waals surface area contributed by atoms with Gasteiger partial charge in [-0.15, -0.1) is 0 Å². The molecular weight excluding hydrogens is 378 g/mol. The van der Waals surface area contributed by atoms with Crippen LogP contribution in [0.4, 0.5) is 0 Å². The first-order chi connectivity index (χ1) is 14.7. The number of nitrogens with zero attached hydrogens (tertiary/aromatic N) is 3. The van der Waals surface area contributed by atoms with Crippen molar-refractivity contribution in [3.05, 3.63) is 76.6 Å². The topological polar surface area (TPSA) is 21.7 Å². The second-order valence-corrected chi connectivity index (χ2v) is 9.43. The van der Waals surface area contributed by atoms with Crippen molar-refractivity contribution in [2.75, 3.05) is 0 Å². The highest BCUT2D eigenvalue weighted by Crippen LogP contribution is 2.37. The van der Waals surface area contributed by atoms with Crippen LogP contribution in [0.15, 0.2) is 48.8 Å². The number of aryl methyl sites for hydroxylation is 4. The number of aromatic nitrogens is 3. The molecular formula is C28H34N3+. The summed E-state index contributed by atoms with van der Waals surface area (Å²) in [5.41, 5.74) is 11.6. The van der Waals surface area contributed by atoms with Gasteiger partial charge in [-0.05, 0) is 67.5 Å². The van der Waals surface area contributed by atoms with Gasteiger partial charge in [0.1, 0.15) is 5.69 Å². The van der Waals surface area contributed by atoms with Crippen molar-refractivity contribution in [3.63, 3.8) is 0 Å². The van der Waals surface area contributed by atoms with E-state index >= 15 is 0 Å². The Bertz CT molecular complexity index is 1250. The van der Waals surface area contributed by atoms with E-state index in [4.69, 9.17) is 0 Å². The Morgan fingerprint density at radius 3 is 2.03 bits per heavy atom. The molecule has 2 heterocycles. The van der Waals surface area contributed by atoms with Crippen molar-refractivity contribution in [1.29, 1.82) is 0 Å². The summed E-state index contributed by atoms with van der Waals surface area (Å²) in [7, 11) is 2.18. The largest absolute Gasteiger partial charge is 0.296 e. The average molecular weight is 413 g/mol. The molecule has 0 saturated heterocycles. The van der Waals surface area contributed by atoms with E-state index in [2.05, 4.69) is 106 Å². The second-order valence-electron chi connectivity index (χ2n) is 9.43. The Kier molecular flexibility index (Phi) is 5.47. The molecule has 4 rings (SSSR count). The van der Waals surface area contributed by atoms with Crippen molar-refractivity contribution >= 4 is 11.0 Å². The van der Waals surface area contributed by atoms with Crippen LogP contribution in [0.25, 0.3) is 28.1 Å². The lowest BCUT2D eigenvalue weighted by Crippen LogP contribution is -2.30. The van der Waals surface area contributed by atoms with Crippen LogP contribution in [0.5, 0.6) is 0 Å². The van der Waals surface area contributed by atoms with Crippen molar-refractivity contribution < 1.29 is 4.57 Å². The summed E-state index contributed by atoms with van der Waals surface area (Å²) >= 11 is 0. The van der Waals surface area contributed by atoms with Gasteiger partial charge in [-0.1, -0.05) is 45.9 Å². The van der Waals surface area contributed by atoms with Gasteiger partial charge in [0.15, 0.2) is 11.0 Å². The van der Waals surface area contributed by atoms with Crippen LogP contribution >= 0.6 is 0 Å². The molecule has 0 amide bonds. The van der Waals surface area contributed by atoms with E-state index in [-0.39, 0.29) is 0 Å². The number of rotatable bonds is 4. The fourth-order valence-corrected chi connectivity index (χ4v) is 4.61. The molecule has 0 spiro atoms. The smallest absolute Gasteiger partial charge is 0.264 e. The number of benzene rings is 2. The number of pyridine rings is 1. The summed E-state index contributed by atoms with van der Waals surface area (Å²) in [5.74, 6) is 2.03. The van der Waals surface area contributed by atoms with E-state index in [0.29, 0.717) is 11.8 Å². The number of para-hydroxylation sites is 1. The minimum absolute atomic E-state index is 0.422. The minimum Gasteiger partial charge on any atom is -0.264 e. The Morgan fingerprint density at radius 2 is 1.45 bits per heavy atom. The van der Waals surface area contributed by atoms with Gasteiger partial charge < -0.3 is 0 Å². The highest BCUT2D eigenvalue weighted by molar-refractivity contribution is 5.82. The molecule has 3 heteroatoms. The van der Waals surface area contributed by atoms with E-state index in [0.717, 1.165) is 0 Å². The quantitative estimate of drug-likeness (QED) is 0.342. The van der Waals surface area contributed by atoms with E-state index < -0.39 is 0 Å². The van der Waals surface area contributed by atoms with Gasteiger partial charge in [-0.2, -0.15) is 4.57 Å². The summed E-state index contributed by atoms with van der Waals surface area (Å²) in [6.07, 6.45) is 3.88. The predicted octanol–water partition coefficient (Wildman–Crippen LogP) is 6.69. The third-order valence-electron chi connectivity index (χ3n) is 6.57. The lowest BCUT2D eigenvalue weighted by atomic mass is 9.92. The summed E-state index contributed by atoms with van der Waals surface area (Å²) in [6.45, 7) is 15.7. The van der Waals surface area contributed by atoms with E-state index in [1.807, 2.05) is 12.4 Å². The zero-order valence-electron chi connectivity index (χ0n) is 20.1. The molecule has 0 unspecified atom stereocenters. The molecule has 3 nitrogen and oxygen atoms in total. The summed E-state index contributed by atoms with van der Waals surface area (Å²) < 4.78 is 4.84. The van der Waals surface area contributed by atoms with Crippen molar-refractivity contribution in [2.45, 2.75) is 60.3 Å². The summed E-state index contributed by atoms with van der Waals surface area (Å²) in [6, 6.07) is 13.6. The van der Waals surface area contributed by atoms with E-state index in [1.54, 1.807) is 0 Å². The monoisotopic (exact) mass is 412 g/mol. The maximum atomic E-state index is 4.49. The van der Waals surface area contributed by atoms with Gasteiger partial charge in [0.05, 0.1) is 12.6 Å². The number of hydrogen-bond donors (Lipinski definition) is 0. The van der Waals surface area contributed by atoms with Crippen LogP contribution in [-0.4, -0.2) is 9.55 Å². The maximum Gasteiger partial charge on any atom is 0.296 e. The van der Waals surface area contributed by atoms with Crippen LogP contribution in [0, 0.1) is 20.8 Å². The van der Waals surface area contributed by atoms with Crippen LogP contribution in [0.1, 0.15) is 67.3 Å². The molecule has 0 bridgehead atoms. The highest BCUT2D eigenvalue weighted by atomic mass is 15.2. The van der Waals surface area contributed by atoms with Crippen molar-refractivity contribution in [1.82, 2.24) is 9.55 Å². The van der Waals surface area contributed by atoms with Gasteiger partial charge in [0.2, 0.25) is 0 Å². The fourth-order valence-electron chi connectivity index (χ4n) is 4.61. The van der Waals surface area contributed by atoms with Gasteiger partial charge >= 0.3 is 0 Å². The first kappa shape index (κ1) is 21.3. The highest BCUT2D eigenvalue weighted by Gasteiger charge is 2.31. The van der Waals surface area contributed by atoms with Gasteiger partial charge in [0.25, 0.3) is 5.82 Å². The molecule has 0 atom stereocenters. The maximum absolute atomic E-state index is 4.49. The first-order valence-corrected chi connectivity index (χ1v) is 11.3. The number of imidazole rings is 1. The predicted molar refractivity (Wildman–Crippen MR) is 130 cm³/mol. The van der Waals surface area contributed by atoms with Gasteiger partial charge in [0, 0.05) is 23.5 Å². The van der Waals surface area contributed by atoms with Crippen LogP contribution in [-0.2, 0) is 7.05 Å². The Balaban J connectivity index is 2.26. The molecule has 0 radical (unpaired) electrons. The molecule has 0 aliphatic heterocycles. The molecule has 0 aliphatic carbocycles. The molecule has 0 N–H and O–H groups in total. The standard InChI is InChI=1S/C28H34N3/c1-17(2)22-10-9-11-23(18(3)4)27(22)31-26-15-21(7)20(6)14-25(26)30(8)28(31)24-16-29-13-12-19(24)5/h9-18H,1-8H3/q+1. The fraction of sp³-hybridized carbons (Fsp3) is 0.357. The van der Waals surface area contributed by atoms with Crippen LogP contribution in [0.2, 0.25) is 0 Å². The molecule has 160 valence electrons. The molecule has 0 fully saturated rings. The van der Waals surface area contributed by atoms with Crippen molar-refractivity contribution in [3.8, 4) is 17.1 Å². The molecule has 2 aromatic carbocycles. The van der Waals surface area contributed by atoms with E-state index in [1.165, 1.54) is 55.9 Å². The Morgan fingerprint density at radius 1 is 0.839 bits per heavy atom. The van der Waals surface area contributed by atoms with Gasteiger partial charge in [-0.25, -0.2) is 4.57 Å². The lowest BCUT2D eigenvalue weighted by Gasteiger charge is -2.18. The lowest BCUT2D eigenvalue weighted by molar-refractivity contribution is -0.633. The van der Waals surface area contributed by atoms with E-state index in [9.17, 15) is 0 Å².